The number of phosphoric ester groups is 2. The molecule has 4 heterocycles. The van der Waals surface area contributed by atoms with Crippen LogP contribution < -0.4 is 75.1 Å². The van der Waals surface area contributed by atoms with Gasteiger partial charge in [0.25, 0.3) is 0 Å². The summed E-state index contributed by atoms with van der Waals surface area (Å²) in [5, 5.41) is 78.5. The van der Waals surface area contributed by atoms with E-state index in [-0.39, 0.29) is 76.7 Å². The van der Waals surface area contributed by atoms with Gasteiger partial charge >= 0.3 is 74.8 Å². The number of nitrogens with zero attached hydrogens (tertiary/aromatic N) is 5. The van der Waals surface area contributed by atoms with Gasteiger partial charge < -0.3 is 65.7 Å². The molecule has 2 aromatic heterocycles. The molecule has 2 aliphatic rings. The molecule has 9 N–H and O–H groups in total. The van der Waals surface area contributed by atoms with Gasteiger partial charge in [-0.25, -0.2) is 19.1 Å². The normalized spacial score (nSPS) is 29.6. The van der Waals surface area contributed by atoms with Gasteiger partial charge in [-0.2, -0.15) is 9.29 Å². The first-order valence-electron chi connectivity index (χ1n) is 15.3. The number of aliphatic hydroxyl groups excluding tert-OH is 5. The summed E-state index contributed by atoms with van der Waals surface area (Å²) in [5.41, 5.74) is 5.76. The second-order valence-electron chi connectivity index (χ2n) is 11.8. The van der Waals surface area contributed by atoms with Crippen molar-refractivity contribution in [3.05, 3.63) is 54.4 Å². The third-order valence-electron chi connectivity index (χ3n) is 8.15. The SMILES string of the molecule is Nc1nc([O-])c2ncn([C@@H]3O[C@H](COP(=O)(O)OP(=O)(O)O[C@H]4O[C@@H](CN=C([O-])Cc5ccc6ccccc6c5)[C@@H](O)[C@@H](O)[C@@H]4O)[C@@H](O)[C@H]3O)c2n1.[Na+].[Na+]. The summed E-state index contributed by atoms with van der Waals surface area (Å²) >= 11 is 0. The second-order valence-corrected chi connectivity index (χ2v) is 14.8. The maximum Gasteiger partial charge on any atom is 1.00 e. The summed E-state index contributed by atoms with van der Waals surface area (Å²) in [4.78, 5) is 35.3. The van der Waals surface area contributed by atoms with E-state index in [1.54, 1.807) is 12.1 Å². The molecule has 2 unspecified atom stereocenters. The largest absolute Gasteiger partial charge is 1.00 e. The van der Waals surface area contributed by atoms with Gasteiger partial charge in [-0.1, -0.05) is 42.5 Å². The molecule has 22 nitrogen and oxygen atoms in total. The number of rotatable bonds is 12. The van der Waals surface area contributed by atoms with Crippen LogP contribution in [0.2, 0.25) is 0 Å². The molecular formula is C28H32N6Na2O16P2. The predicted molar refractivity (Wildman–Crippen MR) is 170 cm³/mol. The fourth-order valence-electron chi connectivity index (χ4n) is 5.59. The minimum atomic E-state index is -5.71. The molecule has 0 aliphatic carbocycles. The number of benzene rings is 2. The molecule has 0 radical (unpaired) electrons. The van der Waals surface area contributed by atoms with Crippen molar-refractivity contribution < 1.29 is 137 Å². The van der Waals surface area contributed by atoms with E-state index in [0.29, 0.717) is 5.56 Å². The Labute approximate surface area is 349 Å². The van der Waals surface area contributed by atoms with Crippen molar-refractivity contribution in [3.63, 3.8) is 0 Å². The van der Waals surface area contributed by atoms with Gasteiger partial charge in [-0.3, -0.25) is 13.6 Å². The monoisotopic (exact) mass is 816 g/mol. The van der Waals surface area contributed by atoms with Crippen LogP contribution in [-0.4, -0.2) is 123 Å². The van der Waals surface area contributed by atoms with Crippen LogP contribution in [0.3, 0.4) is 0 Å². The number of aliphatic imine (C=N–C) groups is 1. The van der Waals surface area contributed by atoms with Crippen molar-refractivity contribution in [2.45, 2.75) is 61.7 Å². The first-order valence-corrected chi connectivity index (χ1v) is 18.3. The Morgan fingerprint density at radius 3 is 2.31 bits per heavy atom. The smallest absolute Gasteiger partial charge is 0.862 e. The Balaban J connectivity index is 0.00000325. The van der Waals surface area contributed by atoms with Crippen LogP contribution in [-0.2, 0) is 38.4 Å². The molecule has 0 saturated carbocycles. The minimum absolute atomic E-state index is 0. The zero-order valence-corrected chi connectivity index (χ0v) is 34.2. The van der Waals surface area contributed by atoms with E-state index in [1.165, 1.54) is 0 Å². The molecule has 6 rings (SSSR count). The number of imidazole rings is 1. The summed E-state index contributed by atoms with van der Waals surface area (Å²) in [6, 6.07) is 12.8. The van der Waals surface area contributed by atoms with Gasteiger partial charge in [0.1, 0.15) is 48.2 Å². The van der Waals surface area contributed by atoms with E-state index in [1.807, 2.05) is 30.3 Å². The Bertz CT molecular complexity index is 2070. The third-order valence-corrected chi connectivity index (χ3v) is 10.7. The summed E-state index contributed by atoms with van der Waals surface area (Å²) in [7, 11) is -11.3. The van der Waals surface area contributed by atoms with Crippen LogP contribution in [0.1, 0.15) is 11.8 Å². The van der Waals surface area contributed by atoms with E-state index < -0.39 is 102 Å². The number of phosphoric acid groups is 2. The van der Waals surface area contributed by atoms with Crippen molar-refractivity contribution in [1.29, 1.82) is 0 Å². The molecule has 2 aliphatic heterocycles. The molecule has 26 heteroatoms. The topological polar surface area (TPSA) is 350 Å². The number of hydrogen-bond donors (Lipinski definition) is 8. The Morgan fingerprint density at radius 1 is 0.907 bits per heavy atom. The van der Waals surface area contributed by atoms with Crippen LogP contribution in [0.4, 0.5) is 5.95 Å². The van der Waals surface area contributed by atoms with Gasteiger partial charge in [-0.15, -0.1) is 0 Å². The molecule has 0 bridgehead atoms. The maximum absolute atomic E-state index is 12.7. The van der Waals surface area contributed by atoms with Gasteiger partial charge in [0, 0.05) is 12.3 Å². The Morgan fingerprint density at radius 2 is 1.59 bits per heavy atom. The fourth-order valence-corrected chi connectivity index (χ4v) is 7.75. The molecule has 11 atom stereocenters. The summed E-state index contributed by atoms with van der Waals surface area (Å²) in [5.74, 6) is -1.87. The van der Waals surface area contributed by atoms with Gasteiger partial charge in [-0.05, 0) is 22.2 Å². The number of anilines is 1. The predicted octanol–water partition coefficient (Wildman–Crippen LogP) is -8.68. The minimum Gasteiger partial charge on any atom is -0.862 e. The number of aliphatic hydroxyl groups is 5. The number of fused-ring (bicyclic) bond motifs is 2. The fraction of sp³-hybridized carbons (Fsp3) is 0.429. The molecule has 54 heavy (non-hydrogen) atoms. The summed E-state index contributed by atoms with van der Waals surface area (Å²) in [6.45, 7) is -1.61. The number of nitrogen functional groups attached to an aromatic ring is 1. The Hall–Kier alpha value is -1.70. The van der Waals surface area contributed by atoms with E-state index >= 15 is 0 Å². The number of ether oxygens (including phenoxy) is 2. The zero-order valence-electron chi connectivity index (χ0n) is 28.4. The number of nitrogens with two attached hydrogens (primary N) is 1. The molecular weight excluding hydrogens is 784 g/mol. The summed E-state index contributed by atoms with van der Waals surface area (Å²) in [6.07, 6.45) is -15.5. The maximum atomic E-state index is 12.7. The summed E-state index contributed by atoms with van der Waals surface area (Å²) < 4.78 is 50.8. The van der Waals surface area contributed by atoms with Crippen molar-refractivity contribution >= 4 is 49.4 Å². The molecule has 0 amide bonds. The van der Waals surface area contributed by atoms with E-state index in [9.17, 15) is 54.7 Å². The average Bonchev–Trinajstić information content (AvgIpc) is 3.62. The van der Waals surface area contributed by atoms with E-state index in [4.69, 9.17) is 15.2 Å². The first kappa shape index (κ1) is 45.0. The van der Waals surface area contributed by atoms with Crippen LogP contribution in [0, 0.1) is 0 Å². The number of aromatic nitrogens is 4. The van der Waals surface area contributed by atoms with Crippen molar-refractivity contribution in [1.82, 2.24) is 19.5 Å². The molecule has 2 fully saturated rings. The number of hydrogen-bond acceptors (Lipinski definition) is 19. The van der Waals surface area contributed by atoms with E-state index in [2.05, 4.69) is 33.3 Å². The third kappa shape index (κ3) is 10.2. The van der Waals surface area contributed by atoms with Crippen LogP contribution in [0.15, 0.2) is 53.8 Å². The van der Waals surface area contributed by atoms with E-state index in [0.717, 1.165) is 21.7 Å². The van der Waals surface area contributed by atoms with Gasteiger partial charge in [0.2, 0.25) is 5.95 Å². The van der Waals surface area contributed by atoms with Crippen molar-refractivity contribution in [3.8, 4) is 5.88 Å². The van der Waals surface area contributed by atoms with Crippen molar-refractivity contribution in [2.24, 2.45) is 4.99 Å². The second kappa shape index (κ2) is 18.3. The molecule has 2 aromatic carbocycles. The van der Waals surface area contributed by atoms with Crippen LogP contribution in [0.5, 0.6) is 5.88 Å². The van der Waals surface area contributed by atoms with Crippen molar-refractivity contribution in [2.75, 3.05) is 18.9 Å². The quantitative estimate of drug-likeness (QED) is 0.0285. The molecule has 4 aromatic rings. The van der Waals surface area contributed by atoms with Gasteiger partial charge in [0.05, 0.1) is 19.5 Å². The van der Waals surface area contributed by atoms with Gasteiger partial charge in [0.15, 0.2) is 18.2 Å². The average molecular weight is 817 g/mol. The molecule has 2 saturated heterocycles. The first-order chi connectivity index (χ1) is 24.5. The standard InChI is InChI=1S/C28H34N6O16P2.2Na/c29-28-32-24-18(25(41)33-28)31-11-34(24)26-22(39)20(37)16(47-26)10-46-51(42,43)50-52(44,45)49-27-23(40)21(38)19(36)15(48-27)9-30-17(35)8-12-5-6-13-3-1-2-4-14(13)7-12;;/h1-7,11,15-16,19-23,26-27,36-40H,8-10H2,(H,30,35)(H,42,43)(H,44,45)(H3,29,32,33,41);;/q;2*+1/p-2/t15-,16+,19+,20+,21+,22+,23-,26+,27+;;/m0../s1. The van der Waals surface area contributed by atoms with Crippen LogP contribution in [0.25, 0.3) is 21.9 Å². The van der Waals surface area contributed by atoms with Crippen LogP contribution >= 0.6 is 15.6 Å². The zero-order chi connectivity index (χ0) is 37.5. The Kier molecular flexibility index (Phi) is 15.2. The molecule has 282 valence electrons. The molecule has 0 spiro atoms.